The lowest BCUT2D eigenvalue weighted by Gasteiger charge is -2.36. The molecule has 1 fully saturated rings. The third-order valence-electron chi connectivity index (χ3n) is 10.0. The zero-order chi connectivity index (χ0) is 42.8. The summed E-state index contributed by atoms with van der Waals surface area (Å²) in [6, 6.07) is 3.07. The Bertz CT molecular complexity index is 1730. The largest absolute Gasteiger partial charge is 0.508 e. The Balaban J connectivity index is 2.04. The van der Waals surface area contributed by atoms with Crippen LogP contribution >= 0.6 is 0 Å². The maximum absolute atomic E-state index is 14.3. The number of benzene rings is 1. The summed E-state index contributed by atoms with van der Waals surface area (Å²) in [5, 5.41) is 28.5. The smallest absolute Gasteiger partial charge is 0.331 e. The van der Waals surface area contributed by atoms with Crippen molar-refractivity contribution in [3.63, 3.8) is 0 Å². The minimum atomic E-state index is -1.19. The number of nitrogens with one attached hydrogen (secondary N) is 3. The van der Waals surface area contributed by atoms with Crippen molar-refractivity contribution < 1.29 is 48.5 Å². The Morgan fingerprint density at radius 2 is 1.79 bits per heavy atom. The van der Waals surface area contributed by atoms with Gasteiger partial charge < -0.3 is 35.1 Å². The van der Waals surface area contributed by atoms with E-state index in [4.69, 9.17) is 9.47 Å². The van der Waals surface area contributed by atoms with E-state index in [0.29, 0.717) is 30.4 Å². The molecular weight excluding hydrogens is 745 g/mol. The molecule has 316 valence electrons. The van der Waals surface area contributed by atoms with Crippen LogP contribution in [-0.4, -0.2) is 94.2 Å². The van der Waals surface area contributed by atoms with E-state index in [-0.39, 0.29) is 50.4 Å². The number of allylic oxidation sites excluding steroid dienone is 5. The standard InChI is InChI=1S/C44H60N4O10/c1-7-25-57-38(51)21-12-16-29(4)37-20-11-9-8-10-15-30(5)40(52)34(23-22-31(6)49)41(53)46-39(28(2)3)42(54)45-36(27-32-17-13-18-33(50)26-32)43(55)48-24-14-19-35(47-48)44(56)58-37/h7-13,16-18,21,26,28,30,34-37,39-40,47,50,52H,1,14-15,19-20,22-25,27H2,2-6H3,(H,45,54)(H,46,53)/t30-,34+,35?,36-,37-,39-,40+/m0/s1. The number of hydrogen-bond acceptors (Lipinski definition) is 11. The lowest BCUT2D eigenvalue weighted by atomic mass is 9.85. The third kappa shape index (κ3) is 15.2. The van der Waals surface area contributed by atoms with Crippen molar-refractivity contribution in [2.45, 2.75) is 110 Å². The highest BCUT2D eigenvalue weighted by Gasteiger charge is 2.37. The van der Waals surface area contributed by atoms with Crippen molar-refractivity contribution >= 4 is 35.4 Å². The summed E-state index contributed by atoms with van der Waals surface area (Å²) in [6.07, 6.45) is 12.7. The zero-order valence-corrected chi connectivity index (χ0v) is 34.2. The van der Waals surface area contributed by atoms with Gasteiger partial charge in [0.1, 0.15) is 42.4 Å². The van der Waals surface area contributed by atoms with Crippen molar-refractivity contribution in [3.05, 3.63) is 90.6 Å². The summed E-state index contributed by atoms with van der Waals surface area (Å²) in [5.41, 5.74) is 4.18. The highest BCUT2D eigenvalue weighted by Crippen LogP contribution is 2.24. The summed E-state index contributed by atoms with van der Waals surface area (Å²) >= 11 is 0. The molecule has 2 heterocycles. The molecule has 1 aromatic rings. The highest BCUT2D eigenvalue weighted by molar-refractivity contribution is 5.93. The van der Waals surface area contributed by atoms with Gasteiger partial charge in [0.25, 0.3) is 5.91 Å². The lowest BCUT2D eigenvalue weighted by Crippen LogP contribution is -2.62. The van der Waals surface area contributed by atoms with E-state index in [1.807, 2.05) is 12.2 Å². The Morgan fingerprint density at radius 1 is 1.07 bits per heavy atom. The summed E-state index contributed by atoms with van der Waals surface area (Å²) < 4.78 is 11.0. The quantitative estimate of drug-likeness (QED) is 0.0935. The van der Waals surface area contributed by atoms with Gasteiger partial charge in [-0.2, -0.15) is 0 Å². The number of phenolic OH excluding ortho intramolecular Hbond substituents is 1. The van der Waals surface area contributed by atoms with Crippen LogP contribution in [0.4, 0.5) is 0 Å². The van der Waals surface area contributed by atoms with Crippen LogP contribution in [-0.2, 0) is 44.7 Å². The molecule has 7 atom stereocenters. The number of phenols is 1. The number of ether oxygens (including phenoxy) is 2. The molecule has 2 bridgehead atoms. The minimum absolute atomic E-state index is 0.0247. The number of aliphatic hydroxyl groups excluding tert-OH is 1. The molecule has 0 saturated carbocycles. The van der Waals surface area contributed by atoms with Crippen LogP contribution in [0.1, 0.15) is 78.7 Å². The fraction of sp³-hybridized carbons (Fsp3) is 0.500. The van der Waals surface area contributed by atoms with Gasteiger partial charge in [-0.15, -0.1) is 0 Å². The number of ketones is 1. The Morgan fingerprint density at radius 3 is 2.47 bits per heavy atom. The number of hydrazine groups is 1. The molecule has 0 aliphatic carbocycles. The monoisotopic (exact) mass is 804 g/mol. The van der Waals surface area contributed by atoms with E-state index < -0.39 is 77.7 Å². The van der Waals surface area contributed by atoms with Crippen molar-refractivity contribution in [1.82, 2.24) is 21.1 Å². The first-order valence-corrected chi connectivity index (χ1v) is 19.9. The number of carbonyl (C=O) groups is 6. The average Bonchev–Trinajstić information content (AvgIpc) is 3.18. The molecule has 14 nitrogen and oxygen atoms in total. The minimum Gasteiger partial charge on any atom is -0.508 e. The van der Waals surface area contributed by atoms with E-state index in [1.54, 1.807) is 58.1 Å². The number of fused-ring (bicyclic) bond motifs is 2. The number of hydrogen-bond donors (Lipinski definition) is 5. The highest BCUT2D eigenvalue weighted by atomic mass is 16.5. The molecule has 58 heavy (non-hydrogen) atoms. The number of esters is 2. The predicted octanol–water partition coefficient (Wildman–Crippen LogP) is 4.09. The number of rotatable bonds is 11. The second-order valence-corrected chi connectivity index (χ2v) is 15.2. The molecule has 14 heteroatoms. The van der Waals surface area contributed by atoms with Crippen molar-refractivity contribution in [2.24, 2.45) is 17.8 Å². The first-order valence-electron chi connectivity index (χ1n) is 19.9. The van der Waals surface area contributed by atoms with E-state index in [2.05, 4.69) is 22.6 Å². The molecule has 1 saturated heterocycles. The molecule has 2 aliphatic rings. The fourth-order valence-electron chi connectivity index (χ4n) is 6.61. The normalized spacial score (nSPS) is 25.9. The molecule has 0 spiro atoms. The van der Waals surface area contributed by atoms with E-state index in [9.17, 15) is 39.0 Å². The van der Waals surface area contributed by atoms with Crippen LogP contribution in [0.3, 0.4) is 0 Å². The van der Waals surface area contributed by atoms with Gasteiger partial charge in [-0.1, -0.05) is 82.0 Å². The molecule has 1 aromatic carbocycles. The lowest BCUT2D eigenvalue weighted by molar-refractivity contribution is -0.156. The van der Waals surface area contributed by atoms with Gasteiger partial charge in [0, 0.05) is 31.9 Å². The van der Waals surface area contributed by atoms with Gasteiger partial charge >= 0.3 is 11.9 Å². The Labute approximate surface area is 341 Å². The summed E-state index contributed by atoms with van der Waals surface area (Å²) in [7, 11) is 0. The van der Waals surface area contributed by atoms with Crippen LogP contribution in [0.25, 0.3) is 0 Å². The number of nitrogens with zero attached hydrogens (tertiary/aromatic N) is 1. The summed E-state index contributed by atoms with van der Waals surface area (Å²) in [5.74, 6) is -4.98. The van der Waals surface area contributed by atoms with Crippen molar-refractivity contribution in [3.8, 4) is 5.75 Å². The molecule has 3 amide bonds. The van der Waals surface area contributed by atoms with Crippen LogP contribution in [0.2, 0.25) is 0 Å². The molecule has 1 unspecified atom stereocenters. The first-order chi connectivity index (χ1) is 27.6. The zero-order valence-electron chi connectivity index (χ0n) is 34.2. The predicted molar refractivity (Wildman–Crippen MR) is 218 cm³/mol. The van der Waals surface area contributed by atoms with E-state index in [0.717, 1.165) is 0 Å². The van der Waals surface area contributed by atoms with Gasteiger partial charge in [0.2, 0.25) is 11.8 Å². The van der Waals surface area contributed by atoms with Gasteiger partial charge in [-0.3, -0.25) is 24.2 Å². The maximum Gasteiger partial charge on any atom is 0.331 e. The van der Waals surface area contributed by atoms with Gasteiger partial charge in [0.15, 0.2) is 0 Å². The van der Waals surface area contributed by atoms with Crippen LogP contribution in [0.15, 0.2) is 85.0 Å². The van der Waals surface area contributed by atoms with Crippen LogP contribution in [0.5, 0.6) is 5.75 Å². The third-order valence-corrected chi connectivity index (χ3v) is 10.0. The second kappa shape index (κ2) is 23.8. The first kappa shape index (κ1) is 47.0. The molecule has 2 aliphatic heterocycles. The Kier molecular flexibility index (Phi) is 19.3. The van der Waals surface area contributed by atoms with Crippen LogP contribution < -0.4 is 16.1 Å². The molecule has 0 aromatic heterocycles. The number of aliphatic hydroxyl groups is 1. The van der Waals surface area contributed by atoms with Gasteiger partial charge in [0.05, 0.1) is 12.0 Å². The van der Waals surface area contributed by atoms with Crippen molar-refractivity contribution in [2.75, 3.05) is 13.2 Å². The topological polar surface area (TPSA) is 201 Å². The second-order valence-electron chi connectivity index (χ2n) is 15.2. The number of carbonyl (C=O) groups excluding carboxylic acids is 6. The number of aromatic hydroxyl groups is 1. The number of cyclic esters (lactones) is 1. The SMILES string of the molecule is C=CCOC(=O)C=CC=C(C)[C@@H]1CC=CC=CC[C@H](C)[C@@H](O)[C@@H](CCC(C)=O)C(=O)N[C@@H](C(C)C)C(=O)N[C@@H](Cc2cccc(O)c2)C(=O)N2CCCC(N2)C(=O)O1. The molecule has 5 N–H and O–H groups in total. The molecular formula is C44H60N4O10. The van der Waals surface area contributed by atoms with Crippen LogP contribution in [0, 0.1) is 17.8 Å². The summed E-state index contributed by atoms with van der Waals surface area (Å²) in [6.45, 7) is 12.2. The summed E-state index contributed by atoms with van der Waals surface area (Å²) in [4.78, 5) is 79.9. The number of amides is 3. The van der Waals surface area contributed by atoms with Crippen molar-refractivity contribution in [1.29, 1.82) is 0 Å². The maximum atomic E-state index is 14.3. The molecule has 3 rings (SSSR count). The van der Waals surface area contributed by atoms with Gasteiger partial charge in [-0.05, 0) is 74.6 Å². The van der Waals surface area contributed by atoms with E-state index >= 15 is 0 Å². The van der Waals surface area contributed by atoms with E-state index in [1.165, 1.54) is 42.3 Å². The fourth-order valence-corrected chi connectivity index (χ4v) is 6.61. The van der Waals surface area contributed by atoms with Gasteiger partial charge in [-0.25, -0.2) is 10.2 Å². The number of Topliss-reactive ketones (excluding diaryl/α,β-unsaturated/α-hetero) is 1. The molecule has 0 radical (unpaired) electrons. The average molecular weight is 805 g/mol. The Hall–Kier alpha value is -5.34.